The van der Waals surface area contributed by atoms with Gasteiger partial charge in [0.1, 0.15) is 17.6 Å². The van der Waals surface area contributed by atoms with Gasteiger partial charge in [-0.15, -0.1) is 0 Å². The molecule has 2 heterocycles. The number of rotatable bonds is 5. The molecule has 2 fully saturated rings. The predicted octanol–water partition coefficient (Wildman–Crippen LogP) is 1.81. The van der Waals surface area contributed by atoms with E-state index in [2.05, 4.69) is 24.1 Å². The van der Waals surface area contributed by atoms with Crippen LogP contribution in [0, 0.1) is 23.2 Å². The second kappa shape index (κ2) is 6.10. The van der Waals surface area contributed by atoms with Crippen LogP contribution in [0.1, 0.15) is 32.4 Å². The van der Waals surface area contributed by atoms with E-state index in [1.165, 1.54) is 0 Å². The summed E-state index contributed by atoms with van der Waals surface area (Å²) in [5, 5.41) is 12.1. The lowest BCUT2D eigenvalue weighted by Crippen LogP contribution is -2.34. The summed E-state index contributed by atoms with van der Waals surface area (Å²) in [6.07, 6.45) is 1.57. The van der Waals surface area contributed by atoms with Crippen LogP contribution in [-0.2, 0) is 10.0 Å². The molecule has 1 saturated carbocycles. The summed E-state index contributed by atoms with van der Waals surface area (Å²) in [4.78, 5) is 4.24. The average molecular weight is 334 g/mol. The molecule has 0 radical (unpaired) electrons. The van der Waals surface area contributed by atoms with E-state index in [1.54, 1.807) is 16.4 Å². The van der Waals surface area contributed by atoms with Gasteiger partial charge >= 0.3 is 0 Å². The number of hydrogen-bond acceptors (Lipinski definition) is 5. The van der Waals surface area contributed by atoms with E-state index < -0.39 is 10.0 Å². The third kappa shape index (κ3) is 3.33. The summed E-state index contributed by atoms with van der Waals surface area (Å²) in [6.45, 7) is 5.27. The zero-order valence-electron chi connectivity index (χ0n) is 13.4. The SMILES string of the molecule is CC(C)[C@@H]1CN(S(=O)(=O)C2CC2)C[C@H]1Nc1cccc(C#N)n1. The highest BCUT2D eigenvalue weighted by Crippen LogP contribution is 2.36. The molecular weight excluding hydrogens is 312 g/mol. The van der Waals surface area contributed by atoms with Crippen molar-refractivity contribution < 1.29 is 8.42 Å². The number of anilines is 1. The summed E-state index contributed by atoms with van der Waals surface area (Å²) in [5.41, 5.74) is 0.358. The standard InChI is InChI=1S/C16H22N4O2S/c1-11(2)14-9-20(23(21,22)13-6-7-13)10-15(14)19-16-5-3-4-12(8-17)18-16/h3-5,11,13-15H,6-7,9-10H2,1-2H3,(H,18,19)/t14-,15+/m0/s1. The molecule has 3 rings (SSSR count). The summed E-state index contributed by atoms with van der Waals surface area (Å²) in [7, 11) is -3.15. The van der Waals surface area contributed by atoms with Gasteiger partial charge in [0.15, 0.2) is 0 Å². The second-order valence-electron chi connectivity index (χ2n) is 6.74. The summed E-state index contributed by atoms with van der Waals surface area (Å²) in [5.74, 6) is 1.23. The monoisotopic (exact) mass is 334 g/mol. The number of aromatic nitrogens is 1. The van der Waals surface area contributed by atoms with Crippen molar-refractivity contribution in [3.05, 3.63) is 23.9 Å². The molecule has 23 heavy (non-hydrogen) atoms. The van der Waals surface area contributed by atoms with Crippen LogP contribution < -0.4 is 5.32 Å². The second-order valence-corrected chi connectivity index (χ2v) is 8.95. The lowest BCUT2D eigenvalue weighted by molar-refractivity contribution is 0.376. The van der Waals surface area contributed by atoms with E-state index in [9.17, 15) is 8.42 Å². The van der Waals surface area contributed by atoms with Crippen molar-refractivity contribution in [1.82, 2.24) is 9.29 Å². The van der Waals surface area contributed by atoms with Gasteiger partial charge in [-0.25, -0.2) is 13.4 Å². The van der Waals surface area contributed by atoms with Crippen molar-refractivity contribution in [3.63, 3.8) is 0 Å². The zero-order chi connectivity index (χ0) is 16.6. The van der Waals surface area contributed by atoms with Gasteiger partial charge in [0.05, 0.1) is 5.25 Å². The van der Waals surface area contributed by atoms with Gasteiger partial charge in [0.2, 0.25) is 10.0 Å². The maximum Gasteiger partial charge on any atom is 0.217 e. The largest absolute Gasteiger partial charge is 0.366 e. The molecule has 1 aliphatic carbocycles. The van der Waals surface area contributed by atoms with Gasteiger partial charge in [0.25, 0.3) is 0 Å². The highest BCUT2D eigenvalue weighted by Gasteiger charge is 2.46. The Balaban J connectivity index is 1.78. The van der Waals surface area contributed by atoms with Crippen LogP contribution in [0.2, 0.25) is 0 Å². The third-order valence-corrected chi connectivity index (χ3v) is 7.02. The number of nitriles is 1. The van der Waals surface area contributed by atoms with E-state index in [-0.39, 0.29) is 17.2 Å². The Morgan fingerprint density at radius 1 is 1.35 bits per heavy atom. The minimum absolute atomic E-state index is 0.0185. The van der Waals surface area contributed by atoms with Crippen LogP contribution in [0.5, 0.6) is 0 Å². The van der Waals surface area contributed by atoms with Crippen molar-refractivity contribution >= 4 is 15.8 Å². The first-order chi connectivity index (χ1) is 10.9. The van der Waals surface area contributed by atoms with E-state index in [1.807, 2.05) is 12.1 Å². The van der Waals surface area contributed by atoms with Gasteiger partial charge in [0, 0.05) is 19.1 Å². The molecule has 1 aromatic rings. The van der Waals surface area contributed by atoms with E-state index in [0.29, 0.717) is 30.5 Å². The molecule has 0 amide bonds. The van der Waals surface area contributed by atoms with Crippen LogP contribution >= 0.6 is 0 Å². The first-order valence-electron chi connectivity index (χ1n) is 8.04. The van der Waals surface area contributed by atoms with Gasteiger partial charge in [-0.2, -0.15) is 9.57 Å². The fraction of sp³-hybridized carbons (Fsp3) is 0.625. The molecule has 2 aliphatic rings. The highest BCUT2D eigenvalue weighted by atomic mass is 32.2. The average Bonchev–Trinajstić information content (AvgIpc) is 3.29. The summed E-state index contributed by atoms with van der Waals surface area (Å²) < 4.78 is 26.6. The molecule has 0 spiro atoms. The minimum atomic E-state index is -3.15. The number of nitrogens with one attached hydrogen (secondary N) is 1. The Morgan fingerprint density at radius 2 is 2.09 bits per heavy atom. The van der Waals surface area contributed by atoms with Crippen molar-refractivity contribution in [2.45, 2.75) is 38.0 Å². The first-order valence-corrected chi connectivity index (χ1v) is 9.55. The van der Waals surface area contributed by atoms with Gasteiger partial charge in [-0.3, -0.25) is 0 Å². The lowest BCUT2D eigenvalue weighted by Gasteiger charge is -2.23. The van der Waals surface area contributed by atoms with E-state index in [4.69, 9.17) is 5.26 Å². The van der Waals surface area contributed by atoms with E-state index >= 15 is 0 Å². The first kappa shape index (κ1) is 16.2. The molecule has 1 N–H and O–H groups in total. The van der Waals surface area contributed by atoms with Crippen LogP contribution in [-0.4, -0.2) is 42.1 Å². The molecule has 124 valence electrons. The quantitative estimate of drug-likeness (QED) is 0.887. The van der Waals surface area contributed by atoms with Crippen molar-refractivity contribution in [2.75, 3.05) is 18.4 Å². The lowest BCUT2D eigenvalue weighted by atomic mass is 9.91. The molecule has 1 aromatic heterocycles. The smallest absolute Gasteiger partial charge is 0.217 e. The fourth-order valence-corrected chi connectivity index (χ4v) is 5.07. The van der Waals surface area contributed by atoms with Gasteiger partial charge < -0.3 is 5.32 Å². The van der Waals surface area contributed by atoms with Crippen LogP contribution in [0.3, 0.4) is 0 Å². The third-order valence-electron chi connectivity index (χ3n) is 4.69. The van der Waals surface area contributed by atoms with Gasteiger partial charge in [-0.05, 0) is 36.8 Å². The van der Waals surface area contributed by atoms with Crippen molar-refractivity contribution in [1.29, 1.82) is 5.26 Å². The van der Waals surface area contributed by atoms with Crippen LogP contribution in [0.4, 0.5) is 5.82 Å². The Hall–Kier alpha value is -1.65. The summed E-state index contributed by atoms with van der Waals surface area (Å²) in [6, 6.07) is 7.30. The molecule has 7 heteroatoms. The Kier molecular flexibility index (Phi) is 4.30. The predicted molar refractivity (Wildman–Crippen MR) is 88.2 cm³/mol. The van der Waals surface area contributed by atoms with Crippen molar-refractivity contribution in [3.8, 4) is 6.07 Å². The zero-order valence-corrected chi connectivity index (χ0v) is 14.3. The highest BCUT2D eigenvalue weighted by molar-refractivity contribution is 7.90. The fourth-order valence-electron chi connectivity index (χ4n) is 3.17. The van der Waals surface area contributed by atoms with E-state index in [0.717, 1.165) is 12.8 Å². The molecule has 0 aromatic carbocycles. The number of hydrogen-bond donors (Lipinski definition) is 1. The molecule has 2 atom stereocenters. The number of pyridine rings is 1. The molecule has 6 nitrogen and oxygen atoms in total. The maximum atomic E-state index is 12.5. The van der Waals surface area contributed by atoms with Crippen LogP contribution in [0.25, 0.3) is 0 Å². The Morgan fingerprint density at radius 3 is 2.70 bits per heavy atom. The van der Waals surface area contributed by atoms with Crippen molar-refractivity contribution in [2.24, 2.45) is 11.8 Å². The topological polar surface area (TPSA) is 86.1 Å². The number of sulfonamides is 1. The Bertz CT molecular complexity index is 722. The molecular formula is C16H22N4O2S. The number of nitrogens with zero attached hydrogens (tertiary/aromatic N) is 3. The molecule has 0 unspecified atom stereocenters. The van der Waals surface area contributed by atoms with Gasteiger partial charge in [-0.1, -0.05) is 19.9 Å². The Labute approximate surface area is 137 Å². The molecule has 0 bridgehead atoms. The minimum Gasteiger partial charge on any atom is -0.366 e. The van der Waals surface area contributed by atoms with Crippen LogP contribution in [0.15, 0.2) is 18.2 Å². The molecule has 1 aliphatic heterocycles. The normalized spacial score (nSPS) is 25.5. The summed E-state index contributed by atoms with van der Waals surface area (Å²) >= 11 is 0. The maximum absolute atomic E-state index is 12.5. The molecule has 1 saturated heterocycles.